The van der Waals surface area contributed by atoms with Gasteiger partial charge in [0.2, 0.25) is 0 Å². The van der Waals surface area contributed by atoms with Crippen LogP contribution in [0.15, 0.2) is 24.4 Å². The van der Waals surface area contributed by atoms with Gasteiger partial charge in [0.05, 0.1) is 16.4 Å². The molecule has 2 aromatic heterocycles. The zero-order chi connectivity index (χ0) is 14.8. The van der Waals surface area contributed by atoms with Crippen molar-refractivity contribution in [3.05, 3.63) is 40.1 Å². The van der Waals surface area contributed by atoms with Crippen molar-refractivity contribution in [2.75, 3.05) is 0 Å². The summed E-state index contributed by atoms with van der Waals surface area (Å²) in [6, 6.07) is 5.57. The Bertz CT molecular complexity index is 840. The molecule has 0 radical (unpaired) electrons. The van der Waals surface area contributed by atoms with Gasteiger partial charge in [0, 0.05) is 5.02 Å². The first-order valence-corrected chi connectivity index (χ1v) is 7.16. The normalized spacial score (nSPS) is 11.5. The summed E-state index contributed by atoms with van der Waals surface area (Å²) < 4.78 is 2.31. The second kappa shape index (κ2) is 5.63. The number of nitrogens with zero attached hydrogens (tertiary/aromatic N) is 4. The molecule has 0 amide bonds. The minimum atomic E-state index is -0.960. The lowest BCUT2D eigenvalue weighted by molar-refractivity contribution is -0.137. The van der Waals surface area contributed by atoms with E-state index in [0.29, 0.717) is 10.7 Å². The Hall–Kier alpha value is -2.25. The maximum atomic E-state index is 10.6. The highest BCUT2D eigenvalue weighted by molar-refractivity contribution is 7.19. The van der Waals surface area contributed by atoms with E-state index in [4.69, 9.17) is 16.7 Å². The van der Waals surface area contributed by atoms with E-state index in [1.54, 1.807) is 12.3 Å². The smallest absolute Gasteiger partial charge is 0.325 e. The van der Waals surface area contributed by atoms with Gasteiger partial charge in [-0.25, -0.2) is 9.67 Å². The molecule has 2 heterocycles. The number of aromatic nitrogens is 4. The van der Waals surface area contributed by atoms with Gasteiger partial charge in [-0.3, -0.25) is 4.79 Å². The molecular weight excluding hydrogens is 312 g/mol. The fourth-order valence-electron chi connectivity index (χ4n) is 1.75. The van der Waals surface area contributed by atoms with Crippen molar-refractivity contribution in [2.24, 2.45) is 0 Å². The molecule has 0 aliphatic rings. The van der Waals surface area contributed by atoms with Crippen molar-refractivity contribution in [1.29, 1.82) is 0 Å². The molecule has 3 rings (SSSR count). The molecule has 0 aliphatic heterocycles. The van der Waals surface area contributed by atoms with Crippen molar-refractivity contribution in [1.82, 2.24) is 20.0 Å². The highest BCUT2D eigenvalue weighted by atomic mass is 35.5. The topological polar surface area (TPSA) is 80.9 Å². The molecule has 0 spiro atoms. The Balaban J connectivity index is 1.80. The Kier molecular flexibility index (Phi) is 3.68. The molecule has 0 atom stereocenters. The van der Waals surface area contributed by atoms with Crippen LogP contribution in [0.5, 0.6) is 0 Å². The van der Waals surface area contributed by atoms with Gasteiger partial charge < -0.3 is 5.11 Å². The molecule has 6 nitrogen and oxygen atoms in total. The van der Waals surface area contributed by atoms with Gasteiger partial charge in [0.15, 0.2) is 0 Å². The van der Waals surface area contributed by atoms with Gasteiger partial charge in [-0.2, -0.15) is 0 Å². The summed E-state index contributed by atoms with van der Waals surface area (Å²) in [5.74, 6) is -0.960. The van der Waals surface area contributed by atoms with Gasteiger partial charge >= 0.3 is 5.97 Å². The van der Waals surface area contributed by atoms with E-state index in [0.717, 1.165) is 15.2 Å². The highest BCUT2D eigenvalue weighted by Crippen LogP contribution is 2.25. The van der Waals surface area contributed by atoms with E-state index in [9.17, 15) is 4.79 Å². The van der Waals surface area contributed by atoms with Gasteiger partial charge in [-0.05, 0) is 30.4 Å². The SMILES string of the molecule is O=C(O)Cn1cc(/C=C/c2nc3cc(Cl)ccc3s2)nn1. The van der Waals surface area contributed by atoms with Crippen LogP contribution in [0.3, 0.4) is 0 Å². The summed E-state index contributed by atoms with van der Waals surface area (Å²) in [6.45, 7) is -0.208. The number of halogens is 1. The van der Waals surface area contributed by atoms with Crippen molar-refractivity contribution in [3.8, 4) is 0 Å². The molecule has 3 aromatic rings. The number of thiazole rings is 1. The molecule has 0 saturated carbocycles. The Morgan fingerprint density at radius 3 is 3.10 bits per heavy atom. The first-order valence-electron chi connectivity index (χ1n) is 5.96. The monoisotopic (exact) mass is 320 g/mol. The van der Waals surface area contributed by atoms with Gasteiger partial charge in [0.1, 0.15) is 17.2 Å². The summed E-state index contributed by atoms with van der Waals surface area (Å²) in [5.41, 5.74) is 1.43. The fourth-order valence-corrected chi connectivity index (χ4v) is 2.77. The van der Waals surface area contributed by atoms with Crippen LogP contribution in [0.1, 0.15) is 10.7 Å². The van der Waals surface area contributed by atoms with E-state index in [-0.39, 0.29) is 6.54 Å². The molecular formula is C13H9ClN4O2S. The van der Waals surface area contributed by atoms with Crippen LogP contribution in [0.4, 0.5) is 0 Å². The first-order chi connectivity index (χ1) is 10.1. The number of carboxylic acid groups (broad SMARTS) is 1. The van der Waals surface area contributed by atoms with Crippen LogP contribution in [0.2, 0.25) is 5.02 Å². The van der Waals surface area contributed by atoms with Gasteiger partial charge in [-0.1, -0.05) is 16.8 Å². The van der Waals surface area contributed by atoms with E-state index in [1.807, 2.05) is 24.3 Å². The predicted molar refractivity (Wildman–Crippen MR) is 81.2 cm³/mol. The molecule has 0 saturated heterocycles. The molecule has 1 N–H and O–H groups in total. The third kappa shape index (κ3) is 3.26. The largest absolute Gasteiger partial charge is 0.480 e. The number of aliphatic carboxylic acids is 1. The summed E-state index contributed by atoms with van der Waals surface area (Å²) in [7, 11) is 0. The summed E-state index contributed by atoms with van der Waals surface area (Å²) in [6.07, 6.45) is 5.12. The third-order valence-electron chi connectivity index (χ3n) is 2.62. The average Bonchev–Trinajstić information content (AvgIpc) is 3.01. The maximum absolute atomic E-state index is 10.6. The van der Waals surface area contributed by atoms with Crippen LogP contribution in [-0.4, -0.2) is 31.1 Å². The lowest BCUT2D eigenvalue weighted by Crippen LogP contribution is -2.08. The van der Waals surface area contributed by atoms with Crippen LogP contribution in [0, 0.1) is 0 Å². The number of carbonyl (C=O) groups is 1. The Morgan fingerprint density at radius 2 is 2.29 bits per heavy atom. The molecule has 0 aliphatic carbocycles. The standard InChI is InChI=1S/C13H9ClN4O2S/c14-8-1-3-11-10(5-8)15-12(21-11)4-2-9-6-18(17-16-9)7-13(19)20/h1-6H,7H2,(H,19,20)/b4-2+. The van der Waals surface area contributed by atoms with Crippen molar-refractivity contribution in [3.63, 3.8) is 0 Å². The predicted octanol–water partition coefficient (Wildman–Crippen LogP) is 2.80. The minimum absolute atomic E-state index is 0.208. The van der Waals surface area contributed by atoms with Crippen LogP contribution in [-0.2, 0) is 11.3 Å². The third-order valence-corrected chi connectivity index (χ3v) is 3.85. The molecule has 106 valence electrons. The molecule has 1 aromatic carbocycles. The number of carboxylic acids is 1. The molecule has 8 heteroatoms. The fraction of sp³-hybridized carbons (Fsp3) is 0.0769. The Labute approximate surface area is 128 Å². The lowest BCUT2D eigenvalue weighted by Gasteiger charge is -1.90. The molecule has 0 fully saturated rings. The van der Waals surface area contributed by atoms with E-state index in [1.165, 1.54) is 16.0 Å². The van der Waals surface area contributed by atoms with E-state index in [2.05, 4.69) is 15.3 Å². The van der Waals surface area contributed by atoms with Gasteiger partial charge in [-0.15, -0.1) is 16.4 Å². The van der Waals surface area contributed by atoms with Crippen molar-refractivity contribution in [2.45, 2.75) is 6.54 Å². The number of benzene rings is 1. The summed E-state index contributed by atoms with van der Waals surface area (Å²) in [5, 5.41) is 17.7. The van der Waals surface area contributed by atoms with Crippen LogP contribution < -0.4 is 0 Å². The molecule has 0 bridgehead atoms. The zero-order valence-electron chi connectivity index (χ0n) is 10.6. The molecule has 21 heavy (non-hydrogen) atoms. The molecule has 0 unspecified atom stereocenters. The van der Waals surface area contributed by atoms with Crippen LogP contribution in [0.25, 0.3) is 22.4 Å². The number of hydrogen-bond donors (Lipinski definition) is 1. The van der Waals surface area contributed by atoms with E-state index < -0.39 is 5.97 Å². The van der Waals surface area contributed by atoms with E-state index >= 15 is 0 Å². The second-order valence-electron chi connectivity index (χ2n) is 4.23. The number of hydrogen-bond acceptors (Lipinski definition) is 5. The summed E-state index contributed by atoms with van der Waals surface area (Å²) >= 11 is 7.46. The average molecular weight is 321 g/mol. The summed E-state index contributed by atoms with van der Waals surface area (Å²) in [4.78, 5) is 15.0. The Morgan fingerprint density at radius 1 is 1.43 bits per heavy atom. The quantitative estimate of drug-likeness (QED) is 0.799. The number of rotatable bonds is 4. The highest BCUT2D eigenvalue weighted by Gasteiger charge is 2.04. The van der Waals surface area contributed by atoms with Crippen LogP contribution >= 0.6 is 22.9 Å². The van der Waals surface area contributed by atoms with Crippen molar-refractivity contribution >= 4 is 51.3 Å². The lowest BCUT2D eigenvalue weighted by atomic mass is 10.3. The minimum Gasteiger partial charge on any atom is -0.480 e. The number of fused-ring (bicyclic) bond motifs is 1. The first kappa shape index (κ1) is 13.7. The maximum Gasteiger partial charge on any atom is 0.325 e. The second-order valence-corrected chi connectivity index (χ2v) is 5.73. The van der Waals surface area contributed by atoms with Gasteiger partial charge in [0.25, 0.3) is 0 Å². The van der Waals surface area contributed by atoms with Crippen molar-refractivity contribution < 1.29 is 9.90 Å². The zero-order valence-corrected chi connectivity index (χ0v) is 12.2.